The maximum atomic E-state index is 8.35. The van der Waals surface area contributed by atoms with Crippen molar-refractivity contribution in [3.05, 3.63) is 36.4 Å². The van der Waals surface area contributed by atoms with Crippen molar-refractivity contribution in [1.29, 1.82) is 0 Å². The van der Waals surface area contributed by atoms with Gasteiger partial charge in [-0.05, 0) is 17.7 Å². The van der Waals surface area contributed by atoms with Crippen LogP contribution in [0.2, 0.25) is 0 Å². The monoisotopic (exact) mass is 184 g/mol. The molecule has 1 aromatic rings. The third-order valence-corrected chi connectivity index (χ3v) is 1.17. The molecule has 1 rings (SSSR count). The lowest BCUT2D eigenvalue weighted by Gasteiger charge is -1.91. The average Bonchev–Trinajstić information content (AvgIpc) is 2.07. The Labute approximate surface area is 74.5 Å². The first-order chi connectivity index (χ1) is 5.74. The first-order valence-electron chi connectivity index (χ1n) is 3.17. The lowest BCUT2D eigenvalue weighted by Crippen LogP contribution is -1.81. The molecule has 2 N–H and O–H groups in total. The molecule has 0 spiro atoms. The van der Waals surface area contributed by atoms with Gasteiger partial charge in [0.05, 0.1) is 0 Å². The van der Waals surface area contributed by atoms with E-state index >= 15 is 0 Å². The number of thiol groups is 1. The molecule has 1 aromatic carbocycles. The van der Waals surface area contributed by atoms with Crippen molar-refractivity contribution in [2.75, 3.05) is 5.73 Å². The zero-order valence-corrected chi connectivity index (χ0v) is 7.33. The first kappa shape index (κ1) is 10.7. The largest absolute Gasteiger partial charge is 0.427 e. The lowest BCUT2D eigenvalue weighted by atomic mass is 10.2. The fraction of sp³-hybridized carbons (Fsp3) is 0. The van der Waals surface area contributed by atoms with Gasteiger partial charge in [-0.2, -0.15) is 0 Å². The van der Waals surface area contributed by atoms with Crippen LogP contribution in [0.5, 0.6) is 0 Å². The van der Waals surface area contributed by atoms with E-state index in [1.54, 1.807) is 6.08 Å². The summed E-state index contributed by atoms with van der Waals surface area (Å²) in [7, 11) is 0. The van der Waals surface area contributed by atoms with Crippen molar-refractivity contribution >= 4 is 23.3 Å². The van der Waals surface area contributed by atoms with Crippen molar-refractivity contribution in [3.63, 3.8) is 0 Å². The van der Waals surface area contributed by atoms with Crippen LogP contribution < -0.4 is 5.73 Å². The molecule has 0 aliphatic carbocycles. The predicted molar refractivity (Wildman–Crippen MR) is 51.1 cm³/mol. The van der Waals surface area contributed by atoms with Gasteiger partial charge in [0.1, 0.15) is 0 Å². The third kappa shape index (κ3) is 4.51. The highest BCUT2D eigenvalue weighted by molar-refractivity contribution is 7.51. The second-order valence-corrected chi connectivity index (χ2v) is 2.09. The molecule has 0 unspecified atom stereocenters. The van der Waals surface area contributed by atoms with E-state index in [4.69, 9.17) is 14.2 Å². The molecule has 0 fully saturated rings. The first-order valence-corrected chi connectivity index (χ1v) is 3.90. The van der Waals surface area contributed by atoms with E-state index in [9.17, 15) is 0 Å². The number of hydrogen-bond acceptors (Lipinski definition) is 4. The topological polar surface area (TPSA) is 60.2 Å². The molecular weight excluding hydrogens is 174 g/mol. The Balaban J connectivity index is 0.000000354. The standard InChI is InChI=1S/C8H9N.HO2S/c1-2-7-3-5-8(9)6-4-7;1-3-2/h2-6H,1,9H2;3H/q;-1. The number of anilines is 1. The number of nitrogen functional groups attached to an aromatic ring is 1. The summed E-state index contributed by atoms with van der Waals surface area (Å²) in [6, 6.07) is 7.58. The minimum atomic E-state index is -1.08. The minimum Gasteiger partial charge on any atom is -0.427 e. The van der Waals surface area contributed by atoms with Gasteiger partial charge >= 0.3 is 0 Å². The summed E-state index contributed by atoms with van der Waals surface area (Å²) >= 11 is -1.08. The molecule has 4 heteroatoms. The quantitative estimate of drug-likeness (QED) is 0.408. The zero-order chi connectivity index (χ0) is 9.40. The van der Waals surface area contributed by atoms with Crippen LogP contribution in [0.15, 0.2) is 30.8 Å². The molecule has 0 aliphatic rings. The molecular formula is C8H10NO2S-. The number of nitrogens with two attached hydrogens (primary N) is 1. The van der Waals surface area contributed by atoms with Crippen molar-refractivity contribution in [2.45, 2.75) is 0 Å². The molecule has 12 heavy (non-hydrogen) atoms. The summed E-state index contributed by atoms with van der Waals surface area (Å²) in [5, 5.41) is 0. The average molecular weight is 184 g/mol. The van der Waals surface area contributed by atoms with Gasteiger partial charge in [-0.15, -0.1) is 0 Å². The Morgan fingerprint density at radius 3 is 2.00 bits per heavy atom. The van der Waals surface area contributed by atoms with Gasteiger partial charge in [-0.3, -0.25) is 0 Å². The maximum Gasteiger partial charge on any atom is 0.0314 e. The summed E-state index contributed by atoms with van der Waals surface area (Å²) in [4.78, 5) is 0. The lowest BCUT2D eigenvalue weighted by molar-refractivity contribution is 0.541. The molecule has 0 heterocycles. The van der Waals surface area contributed by atoms with Crippen molar-refractivity contribution in [2.24, 2.45) is 0 Å². The van der Waals surface area contributed by atoms with Crippen LogP contribution in [0.3, 0.4) is 0 Å². The number of hydrogen-bond donors (Lipinski definition) is 1. The van der Waals surface area contributed by atoms with E-state index in [2.05, 4.69) is 6.58 Å². The van der Waals surface area contributed by atoms with Crippen LogP contribution in [-0.2, 0) is 20.0 Å². The Morgan fingerprint density at radius 1 is 1.25 bits per heavy atom. The molecule has 0 atom stereocenters. The van der Waals surface area contributed by atoms with Crippen LogP contribution in [0.25, 0.3) is 6.08 Å². The van der Waals surface area contributed by atoms with Gasteiger partial charge in [0.2, 0.25) is 0 Å². The van der Waals surface area contributed by atoms with Gasteiger partial charge in [0, 0.05) is 5.69 Å². The number of benzene rings is 1. The van der Waals surface area contributed by atoms with Crippen LogP contribution in [0.1, 0.15) is 5.56 Å². The summed E-state index contributed by atoms with van der Waals surface area (Å²) in [5.74, 6) is 0. The van der Waals surface area contributed by atoms with Gasteiger partial charge in [0.15, 0.2) is 0 Å². The fourth-order valence-corrected chi connectivity index (χ4v) is 0.632. The second kappa shape index (κ2) is 6.42. The van der Waals surface area contributed by atoms with E-state index in [0.29, 0.717) is 0 Å². The SMILES string of the molecule is C=Cc1ccc(N)cc1.O=[SH-]=O. The van der Waals surface area contributed by atoms with E-state index in [1.165, 1.54) is 0 Å². The van der Waals surface area contributed by atoms with Crippen LogP contribution in [-0.4, -0.2) is 0 Å². The van der Waals surface area contributed by atoms with Crippen molar-refractivity contribution in [3.8, 4) is 0 Å². The van der Waals surface area contributed by atoms with Crippen LogP contribution in [0, 0.1) is 0 Å². The van der Waals surface area contributed by atoms with E-state index in [-0.39, 0.29) is 0 Å². The van der Waals surface area contributed by atoms with Gasteiger partial charge in [0.25, 0.3) is 0 Å². The Kier molecular flexibility index (Phi) is 5.73. The molecule has 0 radical (unpaired) electrons. The number of rotatable bonds is 1. The Hall–Kier alpha value is -1.29. The van der Waals surface area contributed by atoms with Crippen LogP contribution >= 0.6 is 0 Å². The zero-order valence-electron chi connectivity index (χ0n) is 6.43. The van der Waals surface area contributed by atoms with Crippen molar-refractivity contribution in [1.82, 2.24) is 0 Å². The summed E-state index contributed by atoms with van der Waals surface area (Å²) in [5.41, 5.74) is 7.34. The van der Waals surface area contributed by atoms with E-state index in [0.717, 1.165) is 11.3 Å². The minimum absolute atomic E-state index is 0.792. The molecule has 0 aromatic heterocycles. The maximum absolute atomic E-state index is 8.35. The van der Waals surface area contributed by atoms with E-state index in [1.807, 2.05) is 24.3 Å². The highest BCUT2D eigenvalue weighted by atomic mass is 32.1. The molecule has 0 aliphatic heterocycles. The molecule has 0 bridgehead atoms. The summed E-state index contributed by atoms with van der Waals surface area (Å²) in [6.07, 6.45) is 1.79. The second-order valence-electron chi connectivity index (χ2n) is 1.95. The van der Waals surface area contributed by atoms with Crippen molar-refractivity contribution < 1.29 is 8.42 Å². The normalized spacial score (nSPS) is 8.00. The summed E-state index contributed by atoms with van der Waals surface area (Å²) < 4.78 is 16.7. The molecule has 3 nitrogen and oxygen atoms in total. The Morgan fingerprint density at radius 2 is 1.67 bits per heavy atom. The molecule has 66 valence electrons. The van der Waals surface area contributed by atoms with Crippen LogP contribution in [0.4, 0.5) is 5.69 Å². The fourth-order valence-electron chi connectivity index (χ4n) is 0.632. The molecule has 0 saturated heterocycles. The highest BCUT2D eigenvalue weighted by Gasteiger charge is 1.82. The molecule has 0 saturated carbocycles. The van der Waals surface area contributed by atoms with Gasteiger partial charge < -0.3 is 14.2 Å². The van der Waals surface area contributed by atoms with Gasteiger partial charge in [-0.1, -0.05) is 36.4 Å². The molecule has 0 amide bonds. The predicted octanol–water partition coefficient (Wildman–Crippen LogP) is 1.40. The summed E-state index contributed by atoms with van der Waals surface area (Å²) in [6.45, 7) is 3.62. The third-order valence-electron chi connectivity index (χ3n) is 1.17. The Bertz CT molecular complexity index is 276. The highest BCUT2D eigenvalue weighted by Crippen LogP contribution is 2.05. The van der Waals surface area contributed by atoms with E-state index < -0.39 is 11.6 Å². The smallest absolute Gasteiger partial charge is 0.0314 e. The van der Waals surface area contributed by atoms with Gasteiger partial charge in [-0.25, -0.2) is 0 Å².